The molecule has 0 atom stereocenters. The average Bonchev–Trinajstić information content (AvgIpc) is 2.88. The smallest absolute Gasteiger partial charge is 0.140 e. The first kappa shape index (κ1) is 17.6. The lowest BCUT2D eigenvalue weighted by atomic mass is 10.2. The molecule has 1 aromatic heterocycles. The van der Waals surface area contributed by atoms with Crippen LogP contribution < -0.4 is 10.1 Å². The highest BCUT2D eigenvalue weighted by atomic mass is 35.5. The van der Waals surface area contributed by atoms with Crippen LogP contribution in [-0.2, 0) is 0 Å². The highest BCUT2D eigenvalue weighted by molar-refractivity contribution is 7.81. The fraction of sp³-hybridized carbons (Fsp3) is 0.133. The van der Waals surface area contributed by atoms with E-state index in [1.54, 1.807) is 29.5 Å². The molecule has 22 heavy (non-hydrogen) atoms. The largest absolute Gasteiger partial charge is 0.488 e. The minimum absolute atomic E-state index is 0.152. The predicted molar refractivity (Wildman–Crippen MR) is 101 cm³/mol. The number of anilines is 1. The number of nitrogens with one attached hydrogen (secondary N) is 1. The Labute approximate surface area is 153 Å². The molecule has 0 amide bonds. The van der Waals surface area contributed by atoms with Crippen LogP contribution in [0.25, 0.3) is 0 Å². The summed E-state index contributed by atoms with van der Waals surface area (Å²) in [6.07, 6.45) is 1.54. The van der Waals surface area contributed by atoms with Gasteiger partial charge in [0.2, 0.25) is 0 Å². The minimum Gasteiger partial charge on any atom is -0.488 e. The molecule has 2 nitrogen and oxygen atoms in total. The number of thiophene rings is 1. The van der Waals surface area contributed by atoms with Crippen molar-refractivity contribution in [2.75, 3.05) is 11.9 Å². The predicted octanol–water partition coefficient (Wildman–Crippen LogP) is 6.20. The highest BCUT2D eigenvalue weighted by Gasteiger charge is 2.08. The Morgan fingerprint density at radius 3 is 2.77 bits per heavy atom. The van der Waals surface area contributed by atoms with Gasteiger partial charge in [0.25, 0.3) is 0 Å². The van der Waals surface area contributed by atoms with E-state index in [2.05, 4.69) is 5.32 Å². The molecule has 116 valence electrons. The molecule has 1 N–H and O–H groups in total. The summed E-state index contributed by atoms with van der Waals surface area (Å²) in [5, 5.41) is 5.70. The van der Waals surface area contributed by atoms with Gasteiger partial charge in [-0.05, 0) is 36.6 Å². The van der Waals surface area contributed by atoms with E-state index < -0.39 is 0 Å². The molecule has 0 unspecified atom stereocenters. The molecule has 0 saturated carbocycles. The summed E-state index contributed by atoms with van der Waals surface area (Å²) in [4.78, 5) is 1.83. The minimum atomic E-state index is 0.152. The zero-order chi connectivity index (χ0) is 16.1. The van der Waals surface area contributed by atoms with E-state index >= 15 is 0 Å². The molecule has 0 radical (unpaired) electrons. The molecule has 0 bridgehead atoms. The van der Waals surface area contributed by atoms with Gasteiger partial charge < -0.3 is 10.1 Å². The first-order valence-corrected chi connectivity index (χ1v) is 8.68. The Balaban J connectivity index is 2.10. The van der Waals surface area contributed by atoms with E-state index in [1.165, 1.54) is 4.88 Å². The molecule has 0 fully saturated rings. The Morgan fingerprint density at radius 1 is 1.36 bits per heavy atom. The fourth-order valence-corrected chi connectivity index (χ4v) is 3.11. The molecule has 0 aliphatic carbocycles. The molecule has 0 spiro atoms. The average molecular weight is 393 g/mol. The number of halogens is 3. The van der Waals surface area contributed by atoms with Crippen LogP contribution >= 0.6 is 58.4 Å². The van der Waals surface area contributed by atoms with Gasteiger partial charge in [0.1, 0.15) is 21.8 Å². The fourth-order valence-electron chi connectivity index (χ4n) is 1.71. The molecule has 1 aromatic carbocycles. The summed E-state index contributed by atoms with van der Waals surface area (Å²) in [7, 11) is 0. The monoisotopic (exact) mass is 391 g/mol. The number of thiocarbonyl (C=S) groups is 1. The summed E-state index contributed by atoms with van der Waals surface area (Å²) >= 11 is 24.3. The van der Waals surface area contributed by atoms with Crippen molar-refractivity contribution < 1.29 is 4.74 Å². The summed E-state index contributed by atoms with van der Waals surface area (Å²) in [6, 6.07) is 7.37. The second-order valence-corrected chi connectivity index (χ2v) is 7.24. The zero-order valence-corrected chi connectivity index (χ0v) is 15.4. The third-order valence-corrected chi connectivity index (χ3v) is 4.56. The van der Waals surface area contributed by atoms with Crippen LogP contribution in [0.4, 0.5) is 5.69 Å². The van der Waals surface area contributed by atoms with Gasteiger partial charge in [-0.1, -0.05) is 47.0 Å². The summed E-state index contributed by atoms with van der Waals surface area (Å²) < 4.78 is 5.68. The van der Waals surface area contributed by atoms with Gasteiger partial charge in [0.15, 0.2) is 0 Å². The Kier molecular flexibility index (Phi) is 6.53. The van der Waals surface area contributed by atoms with E-state index in [4.69, 9.17) is 51.8 Å². The molecule has 2 aromatic rings. The lowest BCUT2D eigenvalue weighted by molar-refractivity contribution is 0.363. The van der Waals surface area contributed by atoms with Gasteiger partial charge in [-0.3, -0.25) is 0 Å². The van der Waals surface area contributed by atoms with E-state index in [1.807, 2.05) is 24.4 Å². The molecule has 0 aliphatic heterocycles. The van der Waals surface area contributed by atoms with E-state index in [0.29, 0.717) is 15.8 Å². The van der Waals surface area contributed by atoms with Gasteiger partial charge in [-0.15, -0.1) is 11.3 Å². The van der Waals surface area contributed by atoms with Crippen LogP contribution in [0, 0.1) is 6.92 Å². The normalized spacial score (nSPS) is 10.2. The molecular formula is C15H12Cl3NOS2. The number of hydrogen-bond donors (Lipinski definition) is 1. The third kappa shape index (κ3) is 4.86. The molecule has 2 rings (SSSR count). The van der Waals surface area contributed by atoms with E-state index in [-0.39, 0.29) is 11.1 Å². The van der Waals surface area contributed by atoms with Crippen molar-refractivity contribution in [1.82, 2.24) is 0 Å². The second kappa shape index (κ2) is 8.18. The Morgan fingerprint density at radius 2 is 2.14 bits per heavy atom. The van der Waals surface area contributed by atoms with Gasteiger partial charge in [0.05, 0.1) is 5.02 Å². The SMILES string of the molecule is Cc1sccc1C(=S)Nc1ccc(Cl)c(OCC=C(Cl)Cl)c1. The van der Waals surface area contributed by atoms with Crippen LogP contribution in [0.2, 0.25) is 5.02 Å². The summed E-state index contributed by atoms with van der Waals surface area (Å²) in [6.45, 7) is 2.27. The van der Waals surface area contributed by atoms with Crippen LogP contribution in [0.1, 0.15) is 10.4 Å². The van der Waals surface area contributed by atoms with Crippen molar-refractivity contribution in [2.24, 2.45) is 0 Å². The lowest BCUT2D eigenvalue weighted by Gasteiger charge is -2.11. The maximum absolute atomic E-state index is 6.10. The lowest BCUT2D eigenvalue weighted by Crippen LogP contribution is -2.10. The van der Waals surface area contributed by atoms with Gasteiger partial charge in [-0.25, -0.2) is 0 Å². The maximum atomic E-state index is 6.10. The first-order valence-electron chi connectivity index (χ1n) is 6.26. The van der Waals surface area contributed by atoms with Crippen LogP contribution in [-0.4, -0.2) is 11.6 Å². The van der Waals surface area contributed by atoms with Gasteiger partial charge >= 0.3 is 0 Å². The molecule has 1 heterocycles. The van der Waals surface area contributed by atoms with Crippen molar-refractivity contribution in [2.45, 2.75) is 6.92 Å². The number of rotatable bonds is 5. The van der Waals surface area contributed by atoms with Crippen molar-refractivity contribution in [3.63, 3.8) is 0 Å². The highest BCUT2D eigenvalue weighted by Crippen LogP contribution is 2.29. The molecule has 0 aliphatic rings. The number of aryl methyl sites for hydroxylation is 1. The van der Waals surface area contributed by atoms with Crippen LogP contribution in [0.5, 0.6) is 5.75 Å². The topological polar surface area (TPSA) is 21.3 Å². The Hall–Kier alpha value is -0.780. The molecule has 0 saturated heterocycles. The quantitative estimate of drug-likeness (QED) is 0.612. The number of hydrogen-bond acceptors (Lipinski definition) is 3. The van der Waals surface area contributed by atoms with Gasteiger partial charge in [-0.2, -0.15) is 0 Å². The molecule has 7 heteroatoms. The summed E-state index contributed by atoms with van der Waals surface area (Å²) in [5.41, 5.74) is 1.82. The van der Waals surface area contributed by atoms with Crippen molar-refractivity contribution in [3.05, 3.63) is 55.7 Å². The summed E-state index contributed by atoms with van der Waals surface area (Å²) in [5.74, 6) is 0.530. The van der Waals surface area contributed by atoms with Crippen molar-refractivity contribution in [3.8, 4) is 5.75 Å². The van der Waals surface area contributed by atoms with Crippen LogP contribution in [0.3, 0.4) is 0 Å². The number of ether oxygens (including phenoxy) is 1. The van der Waals surface area contributed by atoms with E-state index in [9.17, 15) is 0 Å². The number of benzene rings is 1. The Bertz CT molecular complexity index is 709. The van der Waals surface area contributed by atoms with Crippen LogP contribution in [0.15, 0.2) is 40.2 Å². The van der Waals surface area contributed by atoms with Gasteiger partial charge in [0, 0.05) is 22.2 Å². The molecular weight excluding hydrogens is 381 g/mol. The standard InChI is InChI=1S/C15H12Cl3NOS2/c1-9-11(5-7-22-9)15(21)19-10-2-3-12(16)13(8-10)20-6-4-14(17)18/h2-5,7-8H,6H2,1H3,(H,19,21). The third-order valence-electron chi connectivity index (χ3n) is 2.77. The van der Waals surface area contributed by atoms with E-state index in [0.717, 1.165) is 11.3 Å². The maximum Gasteiger partial charge on any atom is 0.140 e. The zero-order valence-electron chi connectivity index (χ0n) is 11.5. The van der Waals surface area contributed by atoms with Crippen molar-refractivity contribution in [1.29, 1.82) is 0 Å². The second-order valence-electron chi connectivity index (χ2n) is 4.29. The van der Waals surface area contributed by atoms with Crippen molar-refractivity contribution >= 4 is 69.0 Å². The first-order chi connectivity index (χ1) is 10.5.